The number of rotatable bonds is 3. The van der Waals surface area contributed by atoms with E-state index in [2.05, 4.69) is 11.9 Å². The summed E-state index contributed by atoms with van der Waals surface area (Å²) < 4.78 is 22.9. The third-order valence-electron chi connectivity index (χ3n) is 4.33. The van der Waals surface area contributed by atoms with Gasteiger partial charge in [-0.15, -0.1) is 0 Å². The molecule has 5 nitrogen and oxygen atoms in total. The van der Waals surface area contributed by atoms with E-state index in [1.54, 1.807) is 11.9 Å². The van der Waals surface area contributed by atoms with Crippen LogP contribution in [0.5, 0.6) is 0 Å². The standard InChI is InChI=1S/C13H24N2O3S/c1-14-6-3-4-11(9-14)8-13(16)15(2)12-5-7-19(17,18)10-12/h11-12H,3-10H2,1-2H3. The van der Waals surface area contributed by atoms with Crippen molar-refractivity contribution < 1.29 is 13.2 Å². The summed E-state index contributed by atoms with van der Waals surface area (Å²) in [7, 11) is 0.920. The molecule has 19 heavy (non-hydrogen) atoms. The number of nitrogens with zero attached hydrogens (tertiary/aromatic N) is 2. The molecule has 0 aromatic rings. The summed E-state index contributed by atoms with van der Waals surface area (Å²) in [5.74, 6) is 0.885. The molecule has 2 rings (SSSR count). The van der Waals surface area contributed by atoms with Crippen molar-refractivity contribution in [2.24, 2.45) is 5.92 Å². The Hall–Kier alpha value is -0.620. The molecule has 0 saturated carbocycles. The van der Waals surface area contributed by atoms with Gasteiger partial charge in [0, 0.05) is 26.1 Å². The fourth-order valence-corrected chi connectivity index (χ4v) is 4.89. The molecule has 0 N–H and O–H groups in total. The zero-order valence-electron chi connectivity index (χ0n) is 11.8. The Morgan fingerprint density at radius 3 is 2.68 bits per heavy atom. The molecule has 0 aliphatic carbocycles. The van der Waals surface area contributed by atoms with Gasteiger partial charge in [0.25, 0.3) is 0 Å². The topological polar surface area (TPSA) is 57.7 Å². The quantitative estimate of drug-likeness (QED) is 0.752. The maximum Gasteiger partial charge on any atom is 0.222 e. The number of amides is 1. The number of piperidine rings is 1. The first kappa shape index (κ1) is 14.8. The monoisotopic (exact) mass is 288 g/mol. The van der Waals surface area contributed by atoms with E-state index in [-0.39, 0.29) is 23.5 Å². The predicted octanol–water partition coefficient (Wildman–Crippen LogP) is 0.364. The summed E-state index contributed by atoms with van der Waals surface area (Å²) in [6.45, 7) is 2.09. The Kier molecular flexibility index (Phi) is 4.50. The molecule has 2 heterocycles. The van der Waals surface area contributed by atoms with Crippen molar-refractivity contribution in [3.63, 3.8) is 0 Å². The lowest BCUT2D eigenvalue weighted by Gasteiger charge is -2.31. The van der Waals surface area contributed by atoms with Gasteiger partial charge in [0.1, 0.15) is 0 Å². The zero-order chi connectivity index (χ0) is 14.0. The smallest absolute Gasteiger partial charge is 0.222 e. The fraction of sp³-hybridized carbons (Fsp3) is 0.923. The summed E-state index contributed by atoms with van der Waals surface area (Å²) in [6.07, 6.45) is 3.40. The third kappa shape index (κ3) is 3.92. The SMILES string of the molecule is CN1CCCC(CC(=O)N(C)C2CCS(=O)(=O)C2)C1. The minimum Gasteiger partial charge on any atom is -0.342 e. The molecular formula is C13H24N2O3S. The van der Waals surface area contributed by atoms with E-state index in [0.29, 0.717) is 18.8 Å². The van der Waals surface area contributed by atoms with Crippen molar-refractivity contribution in [2.45, 2.75) is 31.7 Å². The van der Waals surface area contributed by atoms with Crippen molar-refractivity contribution >= 4 is 15.7 Å². The summed E-state index contributed by atoms with van der Waals surface area (Å²) in [5.41, 5.74) is 0. The van der Waals surface area contributed by atoms with Crippen molar-refractivity contribution in [1.29, 1.82) is 0 Å². The second kappa shape index (κ2) is 5.79. The minimum absolute atomic E-state index is 0.0994. The van der Waals surface area contributed by atoms with E-state index < -0.39 is 9.84 Å². The Labute approximate surface area is 115 Å². The highest BCUT2D eigenvalue weighted by molar-refractivity contribution is 7.91. The van der Waals surface area contributed by atoms with Crippen LogP contribution >= 0.6 is 0 Å². The van der Waals surface area contributed by atoms with Gasteiger partial charge in [-0.05, 0) is 38.8 Å². The molecule has 0 radical (unpaired) electrons. The van der Waals surface area contributed by atoms with E-state index in [0.717, 1.165) is 25.9 Å². The lowest BCUT2D eigenvalue weighted by Crippen LogP contribution is -2.40. The molecule has 6 heteroatoms. The number of hydrogen-bond acceptors (Lipinski definition) is 4. The van der Waals surface area contributed by atoms with Gasteiger partial charge in [0.2, 0.25) is 5.91 Å². The minimum atomic E-state index is -2.92. The normalized spacial score (nSPS) is 31.3. The fourth-order valence-electron chi connectivity index (χ4n) is 3.12. The molecule has 0 bridgehead atoms. The van der Waals surface area contributed by atoms with Gasteiger partial charge < -0.3 is 9.80 Å². The van der Waals surface area contributed by atoms with Crippen LogP contribution in [0.25, 0.3) is 0 Å². The second-order valence-corrected chi connectivity index (χ2v) is 8.26. The number of likely N-dealkylation sites (tertiary alicyclic amines) is 1. The van der Waals surface area contributed by atoms with E-state index in [1.807, 2.05) is 0 Å². The summed E-state index contributed by atoms with van der Waals surface area (Å²) in [5, 5.41) is 0. The van der Waals surface area contributed by atoms with Crippen LogP contribution < -0.4 is 0 Å². The summed E-state index contributed by atoms with van der Waals surface area (Å²) in [6, 6.07) is -0.112. The molecule has 2 aliphatic heterocycles. The number of carbonyl (C=O) groups is 1. The van der Waals surface area contributed by atoms with Crippen molar-refractivity contribution in [3.8, 4) is 0 Å². The van der Waals surface area contributed by atoms with Crippen LogP contribution in [0.4, 0.5) is 0 Å². The van der Waals surface area contributed by atoms with Crippen molar-refractivity contribution in [2.75, 3.05) is 38.7 Å². The van der Waals surface area contributed by atoms with Crippen LogP contribution in [0.15, 0.2) is 0 Å². The molecule has 2 aliphatic rings. The number of sulfone groups is 1. The van der Waals surface area contributed by atoms with Crippen molar-refractivity contribution in [3.05, 3.63) is 0 Å². The number of carbonyl (C=O) groups excluding carboxylic acids is 1. The molecule has 110 valence electrons. The molecule has 2 unspecified atom stereocenters. The lowest BCUT2D eigenvalue weighted by molar-refractivity contribution is -0.132. The van der Waals surface area contributed by atoms with E-state index in [9.17, 15) is 13.2 Å². The molecular weight excluding hydrogens is 264 g/mol. The Morgan fingerprint density at radius 1 is 1.37 bits per heavy atom. The largest absolute Gasteiger partial charge is 0.342 e. The lowest BCUT2D eigenvalue weighted by atomic mass is 9.94. The third-order valence-corrected chi connectivity index (χ3v) is 6.09. The van der Waals surface area contributed by atoms with E-state index in [4.69, 9.17) is 0 Å². The van der Waals surface area contributed by atoms with Gasteiger partial charge in [-0.2, -0.15) is 0 Å². The maximum atomic E-state index is 12.2. The van der Waals surface area contributed by atoms with Gasteiger partial charge in [-0.3, -0.25) is 4.79 Å². The van der Waals surface area contributed by atoms with Crippen LogP contribution in [0, 0.1) is 5.92 Å². The Balaban J connectivity index is 1.86. The van der Waals surface area contributed by atoms with Gasteiger partial charge in [0.05, 0.1) is 11.5 Å². The van der Waals surface area contributed by atoms with Crippen molar-refractivity contribution in [1.82, 2.24) is 9.80 Å². The van der Waals surface area contributed by atoms with Gasteiger partial charge in [-0.25, -0.2) is 8.42 Å². The highest BCUT2D eigenvalue weighted by atomic mass is 32.2. The van der Waals surface area contributed by atoms with Gasteiger partial charge in [-0.1, -0.05) is 0 Å². The zero-order valence-corrected chi connectivity index (χ0v) is 12.7. The molecule has 2 saturated heterocycles. The van der Waals surface area contributed by atoms with Gasteiger partial charge >= 0.3 is 0 Å². The molecule has 2 atom stereocenters. The Morgan fingerprint density at radius 2 is 2.11 bits per heavy atom. The predicted molar refractivity (Wildman–Crippen MR) is 74.7 cm³/mol. The first-order valence-corrected chi connectivity index (χ1v) is 8.84. The second-order valence-electron chi connectivity index (χ2n) is 6.04. The maximum absolute atomic E-state index is 12.2. The molecule has 2 fully saturated rings. The highest BCUT2D eigenvalue weighted by Crippen LogP contribution is 2.22. The van der Waals surface area contributed by atoms with Crippen LogP contribution in [0.3, 0.4) is 0 Å². The average Bonchev–Trinajstić information content (AvgIpc) is 2.68. The first-order valence-electron chi connectivity index (χ1n) is 7.02. The molecule has 1 amide bonds. The van der Waals surface area contributed by atoms with E-state index >= 15 is 0 Å². The van der Waals surface area contributed by atoms with E-state index in [1.165, 1.54) is 0 Å². The van der Waals surface area contributed by atoms with Crippen LogP contribution in [0.2, 0.25) is 0 Å². The first-order chi connectivity index (χ1) is 8.87. The van der Waals surface area contributed by atoms with Crippen LogP contribution in [0.1, 0.15) is 25.7 Å². The molecule has 0 spiro atoms. The summed E-state index contributed by atoms with van der Waals surface area (Å²) in [4.78, 5) is 16.2. The van der Waals surface area contributed by atoms with Gasteiger partial charge in [0.15, 0.2) is 9.84 Å². The summed E-state index contributed by atoms with van der Waals surface area (Å²) >= 11 is 0. The highest BCUT2D eigenvalue weighted by Gasteiger charge is 2.33. The molecule has 0 aromatic heterocycles. The molecule has 0 aromatic carbocycles. The average molecular weight is 288 g/mol. The van der Waals surface area contributed by atoms with Crippen LogP contribution in [-0.2, 0) is 14.6 Å². The van der Waals surface area contributed by atoms with Crippen LogP contribution in [-0.4, -0.2) is 68.9 Å². The number of hydrogen-bond donors (Lipinski definition) is 0. The Bertz CT molecular complexity index is 435.